The lowest BCUT2D eigenvalue weighted by atomic mass is 10.0. The van der Waals surface area contributed by atoms with E-state index in [1.54, 1.807) is 0 Å². The molecule has 1 aromatic heterocycles. The fourth-order valence-electron chi connectivity index (χ4n) is 3.53. The molecular weight excluding hydrogens is 288 g/mol. The van der Waals surface area contributed by atoms with Crippen LogP contribution < -0.4 is 4.74 Å². The molecule has 0 radical (unpaired) electrons. The Labute approximate surface area is 138 Å². The van der Waals surface area contributed by atoms with Crippen LogP contribution in [0, 0.1) is 13.8 Å². The molecule has 3 rings (SSSR count). The Morgan fingerprint density at radius 3 is 2.78 bits per heavy atom. The zero-order valence-corrected chi connectivity index (χ0v) is 14.5. The van der Waals surface area contributed by atoms with Crippen LogP contribution in [0.5, 0.6) is 5.75 Å². The van der Waals surface area contributed by atoms with Crippen LogP contribution in [0.4, 0.5) is 0 Å². The molecule has 1 saturated heterocycles. The van der Waals surface area contributed by atoms with Gasteiger partial charge in [-0.2, -0.15) is 0 Å². The van der Waals surface area contributed by atoms with E-state index in [9.17, 15) is 0 Å². The van der Waals surface area contributed by atoms with Crippen molar-refractivity contribution >= 4 is 0 Å². The lowest BCUT2D eigenvalue weighted by Gasteiger charge is -2.26. The van der Waals surface area contributed by atoms with Crippen molar-refractivity contribution in [3.8, 4) is 5.75 Å². The molecule has 4 heteroatoms. The molecule has 1 fully saturated rings. The van der Waals surface area contributed by atoms with Gasteiger partial charge in [0.1, 0.15) is 11.5 Å². The van der Waals surface area contributed by atoms with Gasteiger partial charge in [-0.15, -0.1) is 0 Å². The number of hydrogen-bond donors (Lipinski definition) is 0. The Bertz CT molecular complexity index is 644. The van der Waals surface area contributed by atoms with Crippen molar-refractivity contribution in [2.24, 2.45) is 0 Å². The molecule has 0 saturated carbocycles. The number of hydrogen-bond acceptors (Lipinski definition) is 4. The molecule has 4 nitrogen and oxygen atoms in total. The van der Waals surface area contributed by atoms with Crippen molar-refractivity contribution < 1.29 is 9.26 Å². The summed E-state index contributed by atoms with van der Waals surface area (Å²) < 4.78 is 11.4. The topological polar surface area (TPSA) is 38.5 Å². The van der Waals surface area contributed by atoms with E-state index in [1.807, 2.05) is 19.9 Å². The highest BCUT2D eigenvalue weighted by molar-refractivity contribution is 5.34. The highest BCUT2D eigenvalue weighted by atomic mass is 16.5. The quantitative estimate of drug-likeness (QED) is 0.819. The SMILES string of the molecule is Cc1noc(C)c1[C@@H]1CCCN1Cc1ccccc1OC(C)C. The first-order valence-electron chi connectivity index (χ1n) is 8.47. The molecule has 23 heavy (non-hydrogen) atoms. The predicted octanol–water partition coefficient (Wildman–Crippen LogP) is 4.42. The molecule has 0 aliphatic carbocycles. The number of likely N-dealkylation sites (tertiary alicyclic amines) is 1. The van der Waals surface area contributed by atoms with Gasteiger partial charge in [0.05, 0.1) is 11.8 Å². The summed E-state index contributed by atoms with van der Waals surface area (Å²) in [6, 6.07) is 8.75. The van der Waals surface area contributed by atoms with Crippen LogP contribution in [0.3, 0.4) is 0 Å². The van der Waals surface area contributed by atoms with Crippen LogP contribution in [0.15, 0.2) is 28.8 Å². The van der Waals surface area contributed by atoms with Crippen molar-refractivity contribution in [1.29, 1.82) is 0 Å². The number of aromatic nitrogens is 1. The van der Waals surface area contributed by atoms with Crippen LogP contribution in [0.25, 0.3) is 0 Å². The fourth-order valence-corrected chi connectivity index (χ4v) is 3.53. The molecule has 0 unspecified atom stereocenters. The number of aryl methyl sites for hydroxylation is 2. The standard InChI is InChI=1S/C19H26N2O2/c1-13(2)22-18-10-6-5-8-16(18)12-21-11-7-9-17(21)19-14(3)20-23-15(19)4/h5-6,8,10,13,17H,7,9,11-12H2,1-4H3/t17-/m0/s1. The Kier molecular flexibility index (Phi) is 4.71. The zero-order chi connectivity index (χ0) is 16.4. The number of rotatable bonds is 5. The average Bonchev–Trinajstić information content (AvgIpc) is 3.07. The molecule has 0 amide bonds. The first-order chi connectivity index (χ1) is 11.1. The number of para-hydroxylation sites is 1. The number of ether oxygens (including phenoxy) is 1. The molecule has 1 aliphatic rings. The van der Waals surface area contributed by atoms with Gasteiger partial charge < -0.3 is 9.26 Å². The van der Waals surface area contributed by atoms with Gasteiger partial charge in [0.25, 0.3) is 0 Å². The highest BCUT2D eigenvalue weighted by Crippen LogP contribution is 2.37. The third-order valence-corrected chi connectivity index (χ3v) is 4.49. The monoisotopic (exact) mass is 314 g/mol. The minimum absolute atomic E-state index is 0.188. The second-order valence-electron chi connectivity index (χ2n) is 6.64. The van der Waals surface area contributed by atoms with Crippen LogP contribution in [0.2, 0.25) is 0 Å². The van der Waals surface area contributed by atoms with Gasteiger partial charge in [0.2, 0.25) is 0 Å². The van der Waals surface area contributed by atoms with Crippen LogP contribution >= 0.6 is 0 Å². The molecule has 2 heterocycles. The summed E-state index contributed by atoms with van der Waals surface area (Å²) in [7, 11) is 0. The molecule has 0 spiro atoms. The molecule has 1 aromatic carbocycles. The van der Waals surface area contributed by atoms with Crippen molar-refractivity contribution in [1.82, 2.24) is 10.1 Å². The summed E-state index contributed by atoms with van der Waals surface area (Å²) in [4.78, 5) is 2.52. The second-order valence-corrected chi connectivity index (χ2v) is 6.64. The van der Waals surface area contributed by atoms with E-state index in [1.165, 1.54) is 17.5 Å². The van der Waals surface area contributed by atoms with Crippen molar-refractivity contribution in [2.75, 3.05) is 6.54 Å². The van der Waals surface area contributed by atoms with E-state index < -0.39 is 0 Å². The molecule has 0 bridgehead atoms. The number of benzene rings is 1. The maximum Gasteiger partial charge on any atom is 0.138 e. The maximum absolute atomic E-state index is 5.97. The van der Waals surface area contributed by atoms with Crippen LogP contribution in [0.1, 0.15) is 55.3 Å². The smallest absolute Gasteiger partial charge is 0.138 e. The van der Waals surface area contributed by atoms with Gasteiger partial charge >= 0.3 is 0 Å². The molecule has 1 aliphatic heterocycles. The Balaban J connectivity index is 1.82. The lowest BCUT2D eigenvalue weighted by Crippen LogP contribution is -2.24. The van der Waals surface area contributed by atoms with Crippen molar-refractivity contribution in [3.63, 3.8) is 0 Å². The van der Waals surface area contributed by atoms with E-state index in [4.69, 9.17) is 9.26 Å². The first-order valence-corrected chi connectivity index (χ1v) is 8.47. The van der Waals surface area contributed by atoms with Crippen LogP contribution in [-0.2, 0) is 6.54 Å². The first kappa shape index (κ1) is 16.1. The van der Waals surface area contributed by atoms with E-state index in [0.717, 1.165) is 36.7 Å². The minimum Gasteiger partial charge on any atom is -0.491 e. The summed E-state index contributed by atoms with van der Waals surface area (Å²) in [5.41, 5.74) is 3.54. The van der Waals surface area contributed by atoms with E-state index >= 15 is 0 Å². The minimum atomic E-state index is 0.188. The molecular formula is C19H26N2O2. The van der Waals surface area contributed by atoms with Gasteiger partial charge in [-0.25, -0.2) is 0 Å². The van der Waals surface area contributed by atoms with Gasteiger partial charge in [-0.3, -0.25) is 4.90 Å². The van der Waals surface area contributed by atoms with Gasteiger partial charge in [0, 0.05) is 23.7 Å². The zero-order valence-electron chi connectivity index (χ0n) is 14.5. The predicted molar refractivity (Wildman–Crippen MR) is 90.6 cm³/mol. The van der Waals surface area contributed by atoms with Crippen molar-refractivity contribution in [2.45, 2.75) is 59.2 Å². The largest absolute Gasteiger partial charge is 0.491 e. The Morgan fingerprint density at radius 2 is 2.09 bits per heavy atom. The van der Waals surface area contributed by atoms with Gasteiger partial charge in [-0.1, -0.05) is 23.4 Å². The molecule has 1 atom stereocenters. The summed E-state index contributed by atoms with van der Waals surface area (Å²) in [6.07, 6.45) is 2.56. The second kappa shape index (κ2) is 6.75. The maximum atomic E-state index is 5.97. The Hall–Kier alpha value is -1.81. The number of nitrogens with zero attached hydrogens (tertiary/aromatic N) is 2. The summed E-state index contributed by atoms with van der Waals surface area (Å²) >= 11 is 0. The van der Waals surface area contributed by atoms with Gasteiger partial charge in [0.15, 0.2) is 0 Å². The summed E-state index contributed by atoms with van der Waals surface area (Å²) in [5, 5.41) is 4.13. The summed E-state index contributed by atoms with van der Waals surface area (Å²) in [5.74, 6) is 1.94. The van der Waals surface area contributed by atoms with Crippen LogP contribution in [-0.4, -0.2) is 22.7 Å². The highest BCUT2D eigenvalue weighted by Gasteiger charge is 2.31. The summed E-state index contributed by atoms with van der Waals surface area (Å²) in [6.45, 7) is 10.2. The Morgan fingerprint density at radius 1 is 1.30 bits per heavy atom. The fraction of sp³-hybridized carbons (Fsp3) is 0.526. The lowest BCUT2D eigenvalue weighted by molar-refractivity contribution is 0.219. The normalized spacial score (nSPS) is 18.7. The molecule has 0 N–H and O–H groups in total. The molecule has 2 aromatic rings. The molecule has 124 valence electrons. The third kappa shape index (κ3) is 3.42. The van der Waals surface area contributed by atoms with Crippen molar-refractivity contribution in [3.05, 3.63) is 46.8 Å². The van der Waals surface area contributed by atoms with E-state index in [0.29, 0.717) is 6.04 Å². The van der Waals surface area contributed by atoms with Gasteiger partial charge in [-0.05, 0) is 53.1 Å². The average molecular weight is 314 g/mol. The van der Waals surface area contributed by atoms with E-state index in [-0.39, 0.29) is 6.10 Å². The van der Waals surface area contributed by atoms with E-state index in [2.05, 4.69) is 42.1 Å². The third-order valence-electron chi connectivity index (χ3n) is 4.49.